The zero-order valence-corrected chi connectivity index (χ0v) is 17.2. The van der Waals surface area contributed by atoms with Gasteiger partial charge in [0.1, 0.15) is 0 Å². The molecule has 1 aromatic rings. The minimum atomic E-state index is -3.63. The first-order chi connectivity index (χ1) is 13.4. The minimum absolute atomic E-state index is 0.0920. The van der Waals surface area contributed by atoms with Gasteiger partial charge in [0.25, 0.3) is 5.91 Å². The highest BCUT2D eigenvalue weighted by molar-refractivity contribution is 7.89. The molecule has 8 heteroatoms. The third-order valence-electron chi connectivity index (χ3n) is 5.42. The molecule has 0 saturated carbocycles. The van der Waals surface area contributed by atoms with Crippen molar-refractivity contribution in [1.82, 2.24) is 9.21 Å². The van der Waals surface area contributed by atoms with E-state index in [4.69, 9.17) is 4.74 Å². The largest absolute Gasteiger partial charge is 0.452 e. The summed E-state index contributed by atoms with van der Waals surface area (Å²) in [5.74, 6) is -0.874. The molecule has 1 aromatic carbocycles. The lowest BCUT2D eigenvalue weighted by Crippen LogP contribution is -2.38. The fourth-order valence-corrected chi connectivity index (χ4v) is 5.22. The van der Waals surface area contributed by atoms with Crippen molar-refractivity contribution in [2.45, 2.75) is 50.3 Å². The number of amides is 1. The van der Waals surface area contributed by atoms with Gasteiger partial charge in [-0.25, -0.2) is 13.2 Å². The van der Waals surface area contributed by atoms with Gasteiger partial charge in [-0.3, -0.25) is 4.79 Å². The number of carbonyl (C=O) groups excluding carboxylic acids is 2. The summed E-state index contributed by atoms with van der Waals surface area (Å²) < 4.78 is 32.4. The lowest BCUT2D eigenvalue weighted by Gasteiger charge is -2.26. The summed E-state index contributed by atoms with van der Waals surface area (Å²) >= 11 is 0. The van der Waals surface area contributed by atoms with Crippen LogP contribution >= 0.6 is 0 Å². The molecule has 2 aliphatic heterocycles. The molecular formula is C20H28N2O5S. The van der Waals surface area contributed by atoms with Crippen LogP contribution < -0.4 is 0 Å². The van der Waals surface area contributed by atoms with Gasteiger partial charge in [-0.15, -0.1) is 0 Å². The van der Waals surface area contributed by atoms with E-state index in [2.05, 4.69) is 0 Å². The van der Waals surface area contributed by atoms with Crippen molar-refractivity contribution >= 4 is 21.9 Å². The van der Waals surface area contributed by atoms with Crippen LogP contribution in [0.25, 0.3) is 0 Å². The molecule has 0 atom stereocenters. The predicted molar refractivity (Wildman–Crippen MR) is 105 cm³/mol. The van der Waals surface area contributed by atoms with Crippen molar-refractivity contribution < 1.29 is 22.7 Å². The quantitative estimate of drug-likeness (QED) is 0.698. The average Bonchev–Trinajstić information content (AvgIpc) is 2.73. The molecule has 154 valence electrons. The number of aryl methyl sites for hydroxylation is 1. The fraction of sp³-hybridized carbons (Fsp3) is 0.600. The lowest BCUT2D eigenvalue weighted by molar-refractivity contribution is -0.135. The van der Waals surface area contributed by atoms with Crippen LogP contribution in [0.15, 0.2) is 23.1 Å². The number of benzene rings is 1. The van der Waals surface area contributed by atoms with E-state index in [9.17, 15) is 18.0 Å². The van der Waals surface area contributed by atoms with Crippen molar-refractivity contribution in [3.63, 3.8) is 0 Å². The van der Waals surface area contributed by atoms with E-state index in [0.717, 1.165) is 38.5 Å². The number of ether oxygens (including phenoxy) is 1. The molecule has 2 saturated heterocycles. The zero-order valence-electron chi connectivity index (χ0n) is 16.4. The third kappa shape index (κ3) is 4.72. The summed E-state index contributed by atoms with van der Waals surface area (Å²) in [6.07, 6.45) is 5.77. The first-order valence-electron chi connectivity index (χ1n) is 9.95. The highest BCUT2D eigenvalue weighted by Gasteiger charge is 2.27. The van der Waals surface area contributed by atoms with E-state index >= 15 is 0 Å². The Morgan fingerprint density at radius 1 is 0.964 bits per heavy atom. The number of esters is 1. The van der Waals surface area contributed by atoms with Gasteiger partial charge >= 0.3 is 5.97 Å². The van der Waals surface area contributed by atoms with Crippen LogP contribution in [-0.4, -0.2) is 62.3 Å². The number of sulfonamides is 1. The smallest absolute Gasteiger partial charge is 0.338 e. The van der Waals surface area contributed by atoms with Crippen LogP contribution in [0.3, 0.4) is 0 Å². The number of rotatable bonds is 5. The first-order valence-corrected chi connectivity index (χ1v) is 11.4. The van der Waals surface area contributed by atoms with Crippen LogP contribution in [0, 0.1) is 6.92 Å². The molecule has 0 N–H and O–H groups in total. The van der Waals surface area contributed by atoms with Crippen LogP contribution in [0.5, 0.6) is 0 Å². The second kappa shape index (κ2) is 9.05. The molecule has 0 radical (unpaired) electrons. The van der Waals surface area contributed by atoms with Gasteiger partial charge in [-0.1, -0.05) is 12.5 Å². The molecule has 7 nitrogen and oxygen atoms in total. The second-order valence-corrected chi connectivity index (χ2v) is 9.40. The Bertz CT molecular complexity index is 825. The van der Waals surface area contributed by atoms with Crippen molar-refractivity contribution in [3.05, 3.63) is 29.3 Å². The number of carbonyl (C=O) groups is 2. The van der Waals surface area contributed by atoms with Gasteiger partial charge in [-0.2, -0.15) is 4.31 Å². The van der Waals surface area contributed by atoms with Gasteiger partial charge in [0.2, 0.25) is 10.0 Å². The topological polar surface area (TPSA) is 84.0 Å². The molecule has 0 bridgehead atoms. The van der Waals surface area contributed by atoms with E-state index in [1.165, 1.54) is 16.4 Å². The van der Waals surface area contributed by atoms with Crippen molar-refractivity contribution in [2.75, 3.05) is 32.8 Å². The molecular weight excluding hydrogens is 380 g/mol. The van der Waals surface area contributed by atoms with Crippen LogP contribution in [-0.2, 0) is 19.6 Å². The summed E-state index contributed by atoms with van der Waals surface area (Å²) in [6.45, 7) is 3.79. The van der Waals surface area contributed by atoms with Crippen LogP contribution in [0.2, 0.25) is 0 Å². The van der Waals surface area contributed by atoms with Gasteiger partial charge in [0.05, 0.1) is 10.5 Å². The number of hydrogen-bond donors (Lipinski definition) is 0. The number of piperidine rings is 2. The Morgan fingerprint density at radius 3 is 2.21 bits per heavy atom. The lowest BCUT2D eigenvalue weighted by atomic mass is 10.1. The Morgan fingerprint density at radius 2 is 1.57 bits per heavy atom. The van der Waals surface area contributed by atoms with E-state index in [-0.39, 0.29) is 23.0 Å². The van der Waals surface area contributed by atoms with Crippen molar-refractivity contribution in [2.24, 2.45) is 0 Å². The molecule has 3 rings (SSSR count). The van der Waals surface area contributed by atoms with Crippen LogP contribution in [0.1, 0.15) is 54.4 Å². The molecule has 2 aliphatic rings. The molecule has 2 heterocycles. The number of likely N-dealkylation sites (tertiary alicyclic amines) is 1. The molecule has 0 spiro atoms. The van der Waals surface area contributed by atoms with E-state index in [1.807, 2.05) is 0 Å². The van der Waals surface area contributed by atoms with Gasteiger partial charge in [0, 0.05) is 26.2 Å². The molecule has 0 unspecified atom stereocenters. The fourth-order valence-electron chi connectivity index (χ4n) is 3.68. The highest BCUT2D eigenvalue weighted by atomic mass is 32.2. The summed E-state index contributed by atoms with van der Waals surface area (Å²) in [6, 6.07) is 4.50. The zero-order chi connectivity index (χ0) is 20.1. The average molecular weight is 409 g/mol. The molecule has 0 aromatic heterocycles. The van der Waals surface area contributed by atoms with E-state index in [0.29, 0.717) is 31.7 Å². The van der Waals surface area contributed by atoms with Gasteiger partial charge < -0.3 is 9.64 Å². The monoisotopic (exact) mass is 408 g/mol. The van der Waals surface area contributed by atoms with Crippen LogP contribution in [0.4, 0.5) is 0 Å². The van der Waals surface area contributed by atoms with Gasteiger partial charge in [0.15, 0.2) is 6.61 Å². The minimum Gasteiger partial charge on any atom is -0.452 e. The Hall–Kier alpha value is -1.93. The highest BCUT2D eigenvalue weighted by Crippen LogP contribution is 2.23. The maximum atomic E-state index is 12.9. The molecule has 0 aliphatic carbocycles. The number of nitrogens with zero attached hydrogens (tertiary/aromatic N) is 2. The standard InChI is InChI=1S/C20H28N2O5S/c1-16-8-9-17(28(25,26)22-12-6-3-7-13-22)14-18(16)20(24)27-15-19(23)21-10-4-2-5-11-21/h8-9,14H,2-7,10-13,15H2,1H3. The van der Waals surface area contributed by atoms with Crippen molar-refractivity contribution in [3.8, 4) is 0 Å². The first kappa shape index (κ1) is 20.8. The normalized spacial score (nSPS) is 18.7. The SMILES string of the molecule is Cc1ccc(S(=O)(=O)N2CCCCC2)cc1C(=O)OCC(=O)N1CCCCC1. The molecule has 1 amide bonds. The summed E-state index contributed by atoms with van der Waals surface area (Å²) in [4.78, 5) is 26.5. The predicted octanol–water partition coefficient (Wildman–Crippen LogP) is 2.34. The summed E-state index contributed by atoms with van der Waals surface area (Å²) in [5.41, 5.74) is 0.803. The molecule has 2 fully saturated rings. The Labute approximate surface area is 166 Å². The van der Waals surface area contributed by atoms with E-state index < -0.39 is 16.0 Å². The number of hydrogen-bond acceptors (Lipinski definition) is 5. The van der Waals surface area contributed by atoms with Gasteiger partial charge in [-0.05, 0) is 56.7 Å². The Kier molecular flexibility index (Phi) is 6.72. The molecule has 28 heavy (non-hydrogen) atoms. The second-order valence-electron chi connectivity index (χ2n) is 7.46. The van der Waals surface area contributed by atoms with Crippen molar-refractivity contribution in [1.29, 1.82) is 0 Å². The van der Waals surface area contributed by atoms with E-state index in [1.54, 1.807) is 17.9 Å². The Balaban J connectivity index is 1.70. The maximum absolute atomic E-state index is 12.9. The maximum Gasteiger partial charge on any atom is 0.338 e. The summed E-state index contributed by atoms with van der Waals surface area (Å²) in [7, 11) is -3.63. The summed E-state index contributed by atoms with van der Waals surface area (Å²) in [5, 5.41) is 0. The third-order valence-corrected chi connectivity index (χ3v) is 7.31.